The zero-order valence-corrected chi connectivity index (χ0v) is 19.1. The van der Waals surface area contributed by atoms with Crippen LogP contribution in [0.25, 0.3) is 0 Å². The van der Waals surface area contributed by atoms with Crippen molar-refractivity contribution >= 4 is 35.3 Å². The summed E-state index contributed by atoms with van der Waals surface area (Å²) in [5, 5.41) is 25.4. The van der Waals surface area contributed by atoms with Gasteiger partial charge in [-0.25, -0.2) is 0 Å². The Labute approximate surface area is 193 Å². The van der Waals surface area contributed by atoms with Gasteiger partial charge in [-0.2, -0.15) is 11.8 Å². The molecule has 0 saturated carbocycles. The average Bonchev–Trinajstić information content (AvgIpc) is 2.90. The molecule has 1 amide bonds. The molecule has 2 atom stereocenters. The second kappa shape index (κ2) is 12.2. The molecule has 2 heterocycles. The number of benzene rings is 1. The van der Waals surface area contributed by atoms with Crippen molar-refractivity contribution in [3.63, 3.8) is 0 Å². The summed E-state index contributed by atoms with van der Waals surface area (Å²) >= 11 is 1.76. The van der Waals surface area contributed by atoms with Crippen molar-refractivity contribution in [1.82, 2.24) is 10.6 Å². The summed E-state index contributed by atoms with van der Waals surface area (Å²) in [5.74, 6) is -0.00232. The first-order valence-corrected chi connectivity index (χ1v) is 12.5. The first-order chi connectivity index (χ1) is 15.5. The summed E-state index contributed by atoms with van der Waals surface area (Å²) in [7, 11) is 0. The smallest absolute Gasteiger partial charge is 0.323 e. The summed E-state index contributed by atoms with van der Waals surface area (Å²) in [4.78, 5) is 37.6. The van der Waals surface area contributed by atoms with Gasteiger partial charge in [0.2, 0.25) is 5.91 Å². The van der Waals surface area contributed by atoms with E-state index in [1.54, 1.807) is 23.9 Å². The number of amides is 1. The van der Waals surface area contributed by atoms with E-state index in [1.807, 2.05) is 12.1 Å². The minimum absolute atomic E-state index is 0.387. The molecule has 0 aliphatic carbocycles. The van der Waals surface area contributed by atoms with Crippen LogP contribution in [-0.2, 0) is 20.8 Å². The lowest BCUT2D eigenvalue weighted by atomic mass is 9.96. The summed E-state index contributed by atoms with van der Waals surface area (Å²) < 4.78 is 0. The van der Waals surface area contributed by atoms with Gasteiger partial charge in [-0.3, -0.25) is 24.6 Å². The van der Waals surface area contributed by atoms with Crippen LogP contribution in [0.4, 0.5) is 5.69 Å². The molecule has 1 aromatic carbocycles. The van der Waals surface area contributed by atoms with E-state index in [2.05, 4.69) is 10.6 Å². The molecule has 1 fully saturated rings. The van der Waals surface area contributed by atoms with Crippen LogP contribution >= 0.6 is 11.8 Å². The van der Waals surface area contributed by atoms with Crippen molar-refractivity contribution in [1.29, 1.82) is 0 Å². The van der Waals surface area contributed by atoms with E-state index < -0.39 is 30.6 Å². The van der Waals surface area contributed by atoms with E-state index in [-0.39, 0.29) is 5.91 Å². The Morgan fingerprint density at radius 2 is 1.91 bits per heavy atom. The fraction of sp³-hybridized carbons (Fsp3) is 0.609. The predicted molar refractivity (Wildman–Crippen MR) is 125 cm³/mol. The molecule has 3 rings (SSSR count). The standard InChI is InChI=1S/C23H33N3O5S/c27-21(28)15-26-20-4-2-1-3-17(20)5-6-18(22(26)29)25-19(23(30)31)10-14-32-13-9-16-7-11-24-12-8-16/h1-4,16,18-19,24-25H,5-15H2,(H,27,28)(H,30,31)/t18?,19-/m0/s1. The maximum Gasteiger partial charge on any atom is 0.323 e. The minimum atomic E-state index is -1.10. The highest BCUT2D eigenvalue weighted by Crippen LogP contribution is 2.27. The first-order valence-electron chi connectivity index (χ1n) is 11.3. The molecule has 8 nitrogen and oxygen atoms in total. The third kappa shape index (κ3) is 6.95. The van der Waals surface area contributed by atoms with E-state index in [0.29, 0.717) is 30.7 Å². The number of carboxylic acid groups (broad SMARTS) is 2. The van der Waals surface area contributed by atoms with Gasteiger partial charge >= 0.3 is 11.9 Å². The fourth-order valence-electron chi connectivity index (χ4n) is 4.41. The molecule has 1 unspecified atom stereocenters. The number of nitrogens with one attached hydrogen (secondary N) is 2. The molecule has 176 valence electrons. The number of rotatable bonds is 11. The van der Waals surface area contributed by atoms with Crippen LogP contribution < -0.4 is 15.5 Å². The van der Waals surface area contributed by atoms with E-state index in [1.165, 1.54) is 17.7 Å². The zero-order chi connectivity index (χ0) is 22.9. The highest BCUT2D eigenvalue weighted by atomic mass is 32.2. The van der Waals surface area contributed by atoms with Crippen LogP contribution in [0.2, 0.25) is 0 Å². The third-order valence-corrected chi connectivity index (χ3v) is 7.27. The summed E-state index contributed by atoms with van der Waals surface area (Å²) in [5.41, 5.74) is 1.48. The number of anilines is 1. The Hall–Kier alpha value is -2.10. The largest absolute Gasteiger partial charge is 0.480 e. The van der Waals surface area contributed by atoms with Crippen LogP contribution in [0.5, 0.6) is 0 Å². The third-order valence-electron chi connectivity index (χ3n) is 6.22. The van der Waals surface area contributed by atoms with Crippen LogP contribution in [0, 0.1) is 5.92 Å². The minimum Gasteiger partial charge on any atom is -0.480 e. The summed E-state index contributed by atoms with van der Waals surface area (Å²) in [6, 6.07) is 5.68. The van der Waals surface area contributed by atoms with Crippen molar-refractivity contribution in [3.8, 4) is 0 Å². The van der Waals surface area contributed by atoms with Gasteiger partial charge in [0.25, 0.3) is 0 Å². The van der Waals surface area contributed by atoms with Gasteiger partial charge in [0.15, 0.2) is 0 Å². The number of aliphatic carboxylic acids is 2. The van der Waals surface area contributed by atoms with Crippen LogP contribution in [0.3, 0.4) is 0 Å². The maximum atomic E-state index is 13.2. The van der Waals surface area contributed by atoms with Crippen LogP contribution in [-0.4, -0.2) is 71.3 Å². The molecule has 2 aliphatic heterocycles. The van der Waals surface area contributed by atoms with Gasteiger partial charge in [0.05, 0.1) is 6.04 Å². The zero-order valence-electron chi connectivity index (χ0n) is 18.3. The number of aryl methyl sites for hydroxylation is 1. The second-order valence-corrected chi connectivity index (χ2v) is 9.70. The Balaban J connectivity index is 1.55. The molecule has 0 radical (unpaired) electrons. The lowest BCUT2D eigenvalue weighted by molar-refractivity contribution is -0.140. The molecule has 4 N–H and O–H groups in total. The SMILES string of the molecule is O=C(O)CN1C(=O)C(N[C@@H](CCSCCC2CCNCC2)C(=O)O)CCc2ccccc21. The number of carbonyl (C=O) groups excluding carboxylic acids is 1. The quantitative estimate of drug-likeness (QED) is 0.368. The van der Waals surface area contributed by atoms with E-state index >= 15 is 0 Å². The highest BCUT2D eigenvalue weighted by Gasteiger charge is 2.34. The number of hydrogen-bond acceptors (Lipinski definition) is 6. The molecule has 0 aromatic heterocycles. The number of para-hydroxylation sites is 1. The average molecular weight is 464 g/mol. The van der Waals surface area contributed by atoms with Crippen LogP contribution in [0.1, 0.15) is 37.7 Å². The van der Waals surface area contributed by atoms with Crippen molar-refractivity contribution in [2.24, 2.45) is 5.92 Å². The normalized spacial score (nSPS) is 20.4. The van der Waals surface area contributed by atoms with E-state index in [4.69, 9.17) is 0 Å². The molecule has 2 aliphatic rings. The second-order valence-electron chi connectivity index (χ2n) is 8.48. The molecule has 9 heteroatoms. The Morgan fingerprint density at radius 1 is 1.16 bits per heavy atom. The Kier molecular flexibility index (Phi) is 9.37. The van der Waals surface area contributed by atoms with Gasteiger partial charge in [-0.15, -0.1) is 0 Å². The molecule has 1 aromatic rings. The van der Waals surface area contributed by atoms with E-state index in [0.717, 1.165) is 36.7 Å². The highest BCUT2D eigenvalue weighted by molar-refractivity contribution is 7.99. The maximum absolute atomic E-state index is 13.2. The molecule has 1 saturated heterocycles. The molecular weight excluding hydrogens is 430 g/mol. The van der Waals surface area contributed by atoms with Crippen molar-refractivity contribution < 1.29 is 24.6 Å². The lowest BCUT2D eigenvalue weighted by Crippen LogP contribution is -2.52. The lowest BCUT2D eigenvalue weighted by Gasteiger charge is -2.26. The number of hydrogen-bond donors (Lipinski definition) is 4. The number of fused-ring (bicyclic) bond motifs is 1. The fourth-order valence-corrected chi connectivity index (χ4v) is 5.52. The van der Waals surface area contributed by atoms with Gasteiger partial charge in [0, 0.05) is 5.69 Å². The number of carboxylic acids is 2. The number of thioether (sulfide) groups is 1. The summed E-state index contributed by atoms with van der Waals surface area (Å²) in [6.07, 6.45) is 4.99. The predicted octanol–water partition coefficient (Wildman–Crippen LogP) is 1.97. The van der Waals surface area contributed by atoms with Gasteiger partial charge in [-0.05, 0) is 80.7 Å². The topological polar surface area (TPSA) is 119 Å². The number of nitrogens with zero attached hydrogens (tertiary/aromatic N) is 1. The molecule has 32 heavy (non-hydrogen) atoms. The van der Waals surface area contributed by atoms with Gasteiger partial charge in [-0.1, -0.05) is 18.2 Å². The molecule has 0 bridgehead atoms. The Morgan fingerprint density at radius 3 is 2.62 bits per heavy atom. The van der Waals surface area contributed by atoms with Crippen molar-refractivity contribution in [2.45, 2.75) is 50.6 Å². The van der Waals surface area contributed by atoms with E-state index in [9.17, 15) is 24.6 Å². The van der Waals surface area contributed by atoms with Crippen LogP contribution in [0.15, 0.2) is 24.3 Å². The Bertz CT molecular complexity index is 800. The van der Waals surface area contributed by atoms with Crippen molar-refractivity contribution in [3.05, 3.63) is 29.8 Å². The first kappa shape index (κ1) is 24.5. The summed E-state index contributed by atoms with van der Waals surface area (Å²) in [6.45, 7) is 1.72. The number of carbonyl (C=O) groups is 3. The molecular formula is C23H33N3O5S. The van der Waals surface area contributed by atoms with Gasteiger partial charge in [0.1, 0.15) is 12.6 Å². The number of piperidine rings is 1. The van der Waals surface area contributed by atoms with Crippen molar-refractivity contribution in [2.75, 3.05) is 36.0 Å². The molecule has 0 spiro atoms. The monoisotopic (exact) mass is 463 g/mol. The van der Waals surface area contributed by atoms with Gasteiger partial charge < -0.3 is 15.5 Å².